The first-order chi connectivity index (χ1) is 9.49. The van der Waals surface area contributed by atoms with E-state index in [4.69, 9.17) is 11.6 Å². The molecule has 0 saturated carbocycles. The second kappa shape index (κ2) is 5.87. The first kappa shape index (κ1) is 14.3. The summed E-state index contributed by atoms with van der Waals surface area (Å²) in [6, 6.07) is 3.86. The summed E-state index contributed by atoms with van der Waals surface area (Å²) in [7, 11) is 0. The molecule has 0 spiro atoms. The summed E-state index contributed by atoms with van der Waals surface area (Å²) < 4.78 is 0. The molecule has 1 aromatic carbocycles. The van der Waals surface area contributed by atoms with E-state index in [0.29, 0.717) is 19.5 Å². The van der Waals surface area contributed by atoms with Crippen molar-refractivity contribution in [3.05, 3.63) is 38.9 Å². The lowest BCUT2D eigenvalue weighted by molar-refractivity contribution is -0.385. The average molecular weight is 298 g/mol. The predicted octanol–water partition coefficient (Wildman–Crippen LogP) is 1.21. The molecule has 20 heavy (non-hydrogen) atoms. The summed E-state index contributed by atoms with van der Waals surface area (Å²) in [6.45, 7) is 0.765. The highest BCUT2D eigenvalue weighted by Gasteiger charge is 2.27. The van der Waals surface area contributed by atoms with Crippen LogP contribution in [0.2, 0.25) is 5.02 Å². The zero-order valence-corrected chi connectivity index (χ0v) is 11.2. The Bertz CT molecular complexity index is 576. The van der Waals surface area contributed by atoms with E-state index in [1.54, 1.807) is 0 Å². The Morgan fingerprint density at radius 3 is 2.90 bits per heavy atom. The van der Waals surface area contributed by atoms with Gasteiger partial charge in [-0.3, -0.25) is 19.7 Å². The molecule has 0 radical (unpaired) electrons. The molecule has 1 saturated heterocycles. The van der Waals surface area contributed by atoms with Crippen LogP contribution in [-0.2, 0) is 4.79 Å². The van der Waals surface area contributed by atoms with Crippen molar-refractivity contribution in [1.29, 1.82) is 0 Å². The Morgan fingerprint density at radius 2 is 2.20 bits per heavy atom. The van der Waals surface area contributed by atoms with Gasteiger partial charge in [-0.25, -0.2) is 0 Å². The molecule has 0 bridgehead atoms. The minimum absolute atomic E-state index is 0.0610. The summed E-state index contributed by atoms with van der Waals surface area (Å²) in [5, 5.41) is 13.8. The number of nitrogens with one attached hydrogen (secondary N) is 1. The molecule has 8 heteroatoms. The molecule has 1 aliphatic rings. The molecule has 1 N–H and O–H groups in total. The van der Waals surface area contributed by atoms with Gasteiger partial charge in [0, 0.05) is 24.2 Å². The fraction of sp³-hybridized carbons (Fsp3) is 0.333. The van der Waals surface area contributed by atoms with E-state index >= 15 is 0 Å². The van der Waals surface area contributed by atoms with Crippen LogP contribution in [0.1, 0.15) is 16.8 Å². The number of carbonyl (C=O) groups excluding carboxylic acids is 2. The molecule has 0 unspecified atom stereocenters. The molecule has 0 atom stereocenters. The van der Waals surface area contributed by atoms with Gasteiger partial charge >= 0.3 is 0 Å². The smallest absolute Gasteiger partial charge is 0.283 e. The van der Waals surface area contributed by atoms with Crippen molar-refractivity contribution in [3.63, 3.8) is 0 Å². The van der Waals surface area contributed by atoms with Crippen LogP contribution in [0.3, 0.4) is 0 Å². The second-order valence-electron chi connectivity index (χ2n) is 4.35. The number of nitro groups is 1. The molecule has 1 heterocycles. The van der Waals surface area contributed by atoms with Gasteiger partial charge in [-0.15, -0.1) is 0 Å². The standard InChI is InChI=1S/C12H12ClN3O4/c13-8-2-3-9(10(6-8)16(19)20)12(18)15-5-1-4-14-11(17)7-15/h2-3,6H,1,4-5,7H2,(H,14,17). The van der Waals surface area contributed by atoms with Crippen LogP contribution >= 0.6 is 11.6 Å². The Hall–Kier alpha value is -2.15. The fourth-order valence-corrected chi connectivity index (χ4v) is 2.15. The molecule has 1 aliphatic heterocycles. The fourth-order valence-electron chi connectivity index (χ4n) is 1.99. The second-order valence-corrected chi connectivity index (χ2v) is 4.79. The van der Waals surface area contributed by atoms with Crippen molar-refractivity contribution in [2.45, 2.75) is 6.42 Å². The van der Waals surface area contributed by atoms with Crippen molar-refractivity contribution in [3.8, 4) is 0 Å². The van der Waals surface area contributed by atoms with Crippen molar-refractivity contribution in [1.82, 2.24) is 10.2 Å². The molecule has 2 amide bonds. The van der Waals surface area contributed by atoms with Crippen LogP contribution in [-0.4, -0.2) is 41.3 Å². The first-order valence-electron chi connectivity index (χ1n) is 5.99. The average Bonchev–Trinajstić information content (AvgIpc) is 2.62. The van der Waals surface area contributed by atoms with Crippen LogP contribution in [0.4, 0.5) is 5.69 Å². The first-order valence-corrected chi connectivity index (χ1v) is 6.37. The van der Waals surface area contributed by atoms with Crippen molar-refractivity contribution in [2.75, 3.05) is 19.6 Å². The van der Waals surface area contributed by atoms with E-state index < -0.39 is 10.8 Å². The normalized spacial score (nSPS) is 15.4. The van der Waals surface area contributed by atoms with Gasteiger partial charge in [0.05, 0.1) is 11.5 Å². The van der Waals surface area contributed by atoms with Crippen molar-refractivity contribution in [2.24, 2.45) is 0 Å². The van der Waals surface area contributed by atoms with Gasteiger partial charge in [-0.1, -0.05) is 11.6 Å². The summed E-state index contributed by atoms with van der Waals surface area (Å²) in [4.78, 5) is 35.4. The summed E-state index contributed by atoms with van der Waals surface area (Å²) in [5.41, 5.74) is -0.416. The number of rotatable bonds is 2. The third-order valence-electron chi connectivity index (χ3n) is 2.94. The topological polar surface area (TPSA) is 92.5 Å². The lowest BCUT2D eigenvalue weighted by Gasteiger charge is -2.18. The van der Waals surface area contributed by atoms with Crippen LogP contribution < -0.4 is 5.32 Å². The Morgan fingerprint density at radius 1 is 1.45 bits per heavy atom. The van der Waals surface area contributed by atoms with Crippen LogP contribution in [0, 0.1) is 10.1 Å². The Balaban J connectivity index is 2.32. The van der Waals surface area contributed by atoms with E-state index in [1.165, 1.54) is 17.0 Å². The van der Waals surface area contributed by atoms with E-state index in [0.717, 1.165) is 6.07 Å². The van der Waals surface area contributed by atoms with Crippen LogP contribution in [0.25, 0.3) is 0 Å². The molecule has 7 nitrogen and oxygen atoms in total. The van der Waals surface area contributed by atoms with Crippen molar-refractivity contribution < 1.29 is 14.5 Å². The van der Waals surface area contributed by atoms with E-state index in [2.05, 4.69) is 5.32 Å². The number of hydrogen-bond acceptors (Lipinski definition) is 4. The third kappa shape index (κ3) is 3.05. The molecule has 2 rings (SSSR count). The highest BCUT2D eigenvalue weighted by molar-refractivity contribution is 6.31. The quantitative estimate of drug-likeness (QED) is 0.656. The van der Waals surface area contributed by atoms with Gasteiger partial charge in [0.15, 0.2) is 0 Å². The summed E-state index contributed by atoms with van der Waals surface area (Å²) in [5.74, 6) is -0.808. The maximum Gasteiger partial charge on any atom is 0.283 e. The number of nitrogens with zero attached hydrogens (tertiary/aromatic N) is 2. The van der Waals surface area contributed by atoms with Crippen LogP contribution in [0.15, 0.2) is 18.2 Å². The van der Waals surface area contributed by atoms with Crippen molar-refractivity contribution >= 4 is 29.1 Å². The van der Waals surface area contributed by atoms with Gasteiger partial charge in [0.25, 0.3) is 11.6 Å². The Labute approximate surface area is 119 Å². The number of carbonyl (C=O) groups is 2. The maximum atomic E-state index is 12.3. The van der Waals surface area contributed by atoms with Crippen LogP contribution in [0.5, 0.6) is 0 Å². The lowest BCUT2D eigenvalue weighted by atomic mass is 10.1. The SMILES string of the molecule is O=C1CN(C(=O)c2ccc(Cl)cc2[N+](=O)[O-])CCCN1. The number of nitro benzene ring substituents is 1. The van der Waals surface area contributed by atoms with Gasteiger partial charge in [0.1, 0.15) is 5.56 Å². The van der Waals surface area contributed by atoms with Gasteiger partial charge in [-0.2, -0.15) is 0 Å². The molecule has 106 valence electrons. The zero-order chi connectivity index (χ0) is 14.7. The predicted molar refractivity (Wildman–Crippen MR) is 71.6 cm³/mol. The minimum atomic E-state index is -0.656. The molecule has 1 aromatic rings. The van der Waals surface area contributed by atoms with Gasteiger partial charge in [-0.05, 0) is 18.6 Å². The number of benzene rings is 1. The van der Waals surface area contributed by atoms with E-state index in [-0.39, 0.29) is 28.7 Å². The molecule has 0 aromatic heterocycles. The highest BCUT2D eigenvalue weighted by atomic mass is 35.5. The third-order valence-corrected chi connectivity index (χ3v) is 3.17. The largest absolute Gasteiger partial charge is 0.354 e. The summed E-state index contributed by atoms with van der Waals surface area (Å²) >= 11 is 5.71. The summed E-state index contributed by atoms with van der Waals surface area (Å²) in [6.07, 6.45) is 0.610. The van der Waals surface area contributed by atoms with E-state index in [9.17, 15) is 19.7 Å². The zero-order valence-electron chi connectivity index (χ0n) is 10.5. The highest BCUT2D eigenvalue weighted by Crippen LogP contribution is 2.24. The Kier molecular flexibility index (Phi) is 4.19. The maximum absolute atomic E-state index is 12.3. The van der Waals surface area contributed by atoms with Gasteiger partial charge in [0.2, 0.25) is 5.91 Å². The van der Waals surface area contributed by atoms with Gasteiger partial charge < -0.3 is 10.2 Å². The molecular formula is C12H12ClN3O4. The lowest BCUT2D eigenvalue weighted by Crippen LogP contribution is -2.37. The number of halogens is 1. The number of amides is 2. The molecule has 0 aliphatic carbocycles. The van der Waals surface area contributed by atoms with E-state index in [1.807, 2.05) is 0 Å². The minimum Gasteiger partial charge on any atom is -0.354 e. The monoisotopic (exact) mass is 297 g/mol. The molecular weight excluding hydrogens is 286 g/mol. The number of hydrogen-bond donors (Lipinski definition) is 1. The molecule has 1 fully saturated rings.